The van der Waals surface area contributed by atoms with Gasteiger partial charge in [-0.05, 0) is 136 Å². The number of hydrogen-bond donors (Lipinski definition) is 1. The van der Waals surface area contributed by atoms with Crippen molar-refractivity contribution in [3.05, 3.63) is 197 Å². The van der Waals surface area contributed by atoms with E-state index in [1.165, 1.54) is 60.7 Å². The maximum absolute atomic E-state index is 13.5. The van der Waals surface area contributed by atoms with Crippen molar-refractivity contribution in [2.45, 2.75) is 57.9 Å². The highest BCUT2D eigenvalue weighted by atomic mass is 32.4. The summed E-state index contributed by atoms with van der Waals surface area (Å²) in [6.45, 7) is 2.91. The topological polar surface area (TPSA) is 96.4 Å². The average Bonchev–Trinajstić information content (AvgIpc) is 3.80. The van der Waals surface area contributed by atoms with Gasteiger partial charge in [0.2, 0.25) is 11.8 Å². The standard InChI is InChI=1S/C27H25F2NO3.C24H19F2NO3.CH4.HPS/c1-18-2-4-19(5-3-18)25-24(26(31)30(25)23-12-10-22(29)11-13-23)14-15-27(32-16-17-33-27)20-6-8-21(28)9-7-20;25-17-5-1-15(2-6-17)22(29)14-13-21-23(16-3-11-20(28)12-4-16)27(24(21)30)19-9-7-18(26)8-10-19;;1-2/h2-13,24-25H,14-17H2,1H3;1-12,21,23,28H,13-14H2;1H4;1H/t24-,25+;21-,23+;;/m00../s1/i;;;1T. The molecule has 4 atom stereocenters. The van der Waals surface area contributed by atoms with Gasteiger partial charge in [0.1, 0.15) is 30.3 Å². The fourth-order valence-electron chi connectivity index (χ4n) is 8.66. The van der Waals surface area contributed by atoms with Gasteiger partial charge in [-0.2, -0.15) is 0 Å². The van der Waals surface area contributed by atoms with Gasteiger partial charge in [-0.25, -0.2) is 17.6 Å². The second-order valence-corrected chi connectivity index (χ2v) is 15.9. The number of carbonyl (C=O) groups excluding carboxylic acids is 3. The molecular weight excluding hydrogens is 888 g/mol. The fraction of sp³-hybridized carbons (Fsp3) is 0.250. The highest BCUT2D eigenvalue weighted by molar-refractivity contribution is 7.88. The number of nitrogens with zero attached hydrogens (tertiary/aromatic N) is 2. The third kappa shape index (κ3) is 10.8. The first-order valence-electron chi connectivity index (χ1n) is 21.4. The molecule has 6 aromatic carbocycles. The van der Waals surface area contributed by atoms with Gasteiger partial charge in [-0.3, -0.25) is 14.4 Å². The number of amides is 2. The smallest absolute Gasteiger partial charge is 0.233 e. The SMILES string of the molecule is C.Cc1ccc([C@@H]2[C@H](CCC3(c4ccc(F)cc4)OCCO3)C(=O)N2c2ccc(F)cc2)cc1.O=C(CC[C@@H]1C(=O)N(c2ccc(F)cc2)[C@@H]1c1ccc(O)cc1)c1ccc(F)cc1.[3H]P=S. The molecule has 2 amide bonds. The van der Waals surface area contributed by atoms with Crippen LogP contribution in [0.2, 0.25) is 0 Å². The van der Waals surface area contributed by atoms with E-state index in [1.54, 1.807) is 70.5 Å². The van der Waals surface area contributed by atoms with Crippen molar-refractivity contribution in [3.8, 4) is 5.75 Å². The molecule has 14 heteroatoms. The third-order valence-electron chi connectivity index (χ3n) is 12.0. The van der Waals surface area contributed by atoms with Gasteiger partial charge in [-0.1, -0.05) is 73.3 Å². The summed E-state index contributed by atoms with van der Waals surface area (Å²) in [6.07, 6.45) is 1.48. The lowest BCUT2D eigenvalue weighted by atomic mass is 9.77. The number of anilines is 2. The summed E-state index contributed by atoms with van der Waals surface area (Å²) < 4.78 is 71.3. The number of ketones is 1. The van der Waals surface area contributed by atoms with Crippen LogP contribution in [0.4, 0.5) is 28.9 Å². The van der Waals surface area contributed by atoms with E-state index >= 15 is 0 Å². The number of rotatable bonds is 12. The molecule has 3 fully saturated rings. The zero-order chi connectivity index (χ0) is 47.0. The van der Waals surface area contributed by atoms with E-state index in [0.717, 1.165) is 22.3 Å². The van der Waals surface area contributed by atoms with E-state index in [2.05, 4.69) is 11.8 Å². The van der Waals surface area contributed by atoms with Crippen LogP contribution in [0.15, 0.2) is 146 Å². The van der Waals surface area contributed by atoms with E-state index in [9.17, 15) is 37.1 Å². The highest BCUT2D eigenvalue weighted by Crippen LogP contribution is 2.49. The lowest BCUT2D eigenvalue weighted by Gasteiger charge is -2.48. The Morgan fingerprint density at radius 2 is 1.06 bits per heavy atom. The van der Waals surface area contributed by atoms with E-state index in [4.69, 9.17) is 10.8 Å². The van der Waals surface area contributed by atoms with Crippen molar-refractivity contribution < 1.29 is 46.5 Å². The van der Waals surface area contributed by atoms with Crippen LogP contribution in [0.3, 0.4) is 0 Å². The number of ether oxygens (including phenoxy) is 2. The minimum atomic E-state index is -0.984. The van der Waals surface area contributed by atoms with E-state index < -0.39 is 23.3 Å². The Hall–Kier alpha value is -6.11. The maximum atomic E-state index is 13.5. The van der Waals surface area contributed by atoms with Gasteiger partial charge in [0.15, 0.2) is 11.6 Å². The first-order valence-corrected chi connectivity index (χ1v) is 22.4. The van der Waals surface area contributed by atoms with Crippen molar-refractivity contribution >= 4 is 48.7 Å². The third-order valence-corrected chi connectivity index (χ3v) is 12.0. The molecule has 66 heavy (non-hydrogen) atoms. The minimum absolute atomic E-state index is 0. The predicted molar refractivity (Wildman–Crippen MR) is 251 cm³/mol. The maximum Gasteiger partial charge on any atom is 0.233 e. The van der Waals surface area contributed by atoms with Crippen LogP contribution in [0.5, 0.6) is 5.75 Å². The van der Waals surface area contributed by atoms with Crippen molar-refractivity contribution in [1.29, 1.82) is 1.28 Å². The molecule has 0 unspecified atom stereocenters. The normalized spacial score (nSPS) is 19.5. The summed E-state index contributed by atoms with van der Waals surface area (Å²) in [5.41, 5.74) is 5.37. The summed E-state index contributed by atoms with van der Waals surface area (Å²) in [7, 11) is 0.250. The zero-order valence-corrected chi connectivity index (χ0v) is 36.9. The number of aryl methyl sites for hydroxylation is 1. The number of phenolic OH excluding ortho intramolecular Hbond substituents is 1. The molecule has 0 aliphatic carbocycles. The first-order chi connectivity index (χ1) is 31.8. The second kappa shape index (κ2) is 21.9. The lowest BCUT2D eigenvalue weighted by Crippen LogP contribution is -2.55. The number of aromatic hydroxyl groups is 1. The van der Waals surface area contributed by atoms with Gasteiger partial charge in [0, 0.05) is 35.3 Å². The van der Waals surface area contributed by atoms with Gasteiger partial charge in [-0.15, -0.1) is 0 Å². The van der Waals surface area contributed by atoms with Crippen LogP contribution in [-0.2, 0) is 36.7 Å². The molecule has 3 heterocycles. The monoisotopic (exact) mass is 938 g/mol. The average molecular weight is 939 g/mol. The molecule has 9 rings (SSSR count). The number of phenols is 1. The molecule has 3 aliphatic rings. The van der Waals surface area contributed by atoms with Gasteiger partial charge in [0.25, 0.3) is 0 Å². The molecule has 0 saturated carbocycles. The van der Waals surface area contributed by atoms with Gasteiger partial charge < -0.3 is 24.4 Å². The Morgan fingerprint density at radius 1 is 0.667 bits per heavy atom. The second-order valence-electron chi connectivity index (χ2n) is 15.9. The number of Topliss-reactive ketones (excluding diaryl/α,β-unsaturated/α-hetero) is 1. The minimum Gasteiger partial charge on any atom is -0.508 e. The molecule has 3 aliphatic heterocycles. The number of hydrogen-bond acceptors (Lipinski definition) is 7. The van der Waals surface area contributed by atoms with Crippen LogP contribution in [-0.4, -0.2) is 37.2 Å². The molecule has 6 aromatic rings. The quantitative estimate of drug-likeness (QED) is 0.0565. The summed E-state index contributed by atoms with van der Waals surface area (Å²) in [4.78, 5) is 42.0. The van der Waals surface area contributed by atoms with Crippen LogP contribution in [0.25, 0.3) is 0 Å². The summed E-state index contributed by atoms with van der Waals surface area (Å²) in [5, 5.41) is 9.59. The number of halogens is 4. The molecule has 0 bridgehead atoms. The lowest BCUT2D eigenvalue weighted by molar-refractivity contribution is -0.175. The molecule has 1 N–H and O–H groups in total. The molecule has 0 spiro atoms. The van der Waals surface area contributed by atoms with E-state index in [1.807, 2.05) is 31.2 Å². The highest BCUT2D eigenvalue weighted by Gasteiger charge is 2.51. The number of β-lactam (4-membered cyclic amide) rings is 2. The van der Waals surface area contributed by atoms with Crippen LogP contribution in [0.1, 0.15) is 77.8 Å². The Labute approximate surface area is 390 Å². The van der Waals surface area contributed by atoms with Crippen molar-refractivity contribution in [1.82, 2.24) is 0 Å². The summed E-state index contributed by atoms with van der Waals surface area (Å²) in [6, 6.07) is 37.3. The van der Waals surface area contributed by atoms with Crippen molar-refractivity contribution in [2.75, 3.05) is 23.0 Å². The fourth-order valence-corrected chi connectivity index (χ4v) is 8.66. The van der Waals surface area contributed by atoms with Gasteiger partial charge in [0.05, 0.1) is 37.1 Å². The summed E-state index contributed by atoms with van der Waals surface area (Å²) >= 11 is 4.03. The van der Waals surface area contributed by atoms with Crippen LogP contribution >= 0.6 is 7.96 Å². The first kappa shape index (κ1) is 47.8. The predicted octanol–water partition coefficient (Wildman–Crippen LogP) is 11.9. The number of benzene rings is 6. The van der Waals surface area contributed by atoms with Crippen molar-refractivity contribution in [3.63, 3.8) is 0 Å². The van der Waals surface area contributed by atoms with Crippen molar-refractivity contribution in [2.24, 2.45) is 11.8 Å². The molecule has 8 nitrogen and oxygen atoms in total. The largest absolute Gasteiger partial charge is 0.508 e. The molecular formula is C52H49F4N2O6PS. The zero-order valence-electron chi connectivity index (χ0n) is 36.2. The number of carbonyl (C=O) groups is 3. The Kier molecular flexibility index (Phi) is 15.9. The molecule has 0 radical (unpaired) electrons. The molecule has 342 valence electrons. The van der Waals surface area contributed by atoms with E-state index in [0.29, 0.717) is 49.4 Å². The van der Waals surface area contributed by atoms with Crippen LogP contribution < -0.4 is 9.80 Å². The van der Waals surface area contributed by atoms with E-state index in [-0.39, 0.29) is 74.8 Å². The molecule has 3 saturated heterocycles. The summed E-state index contributed by atoms with van der Waals surface area (Å²) in [5.74, 6) is -3.37. The van der Waals surface area contributed by atoms with Gasteiger partial charge >= 0.3 is 0 Å². The Morgan fingerprint density at radius 3 is 1.52 bits per heavy atom. The molecule has 0 aromatic heterocycles. The van der Waals surface area contributed by atoms with Crippen LogP contribution in [0, 0.1) is 42.0 Å². The Bertz CT molecular complexity index is 2620. The Balaban J connectivity index is 0.000000207.